The smallest absolute Gasteiger partial charge is 0.352 e. The van der Waals surface area contributed by atoms with E-state index < -0.39 is 30.6 Å². The number of carbonyl (C=O) groups excluding carboxylic acids is 1. The number of hydrogen-bond acceptors (Lipinski definition) is 2. The van der Waals surface area contributed by atoms with Gasteiger partial charge in [0.1, 0.15) is 0 Å². The van der Waals surface area contributed by atoms with Crippen LogP contribution in [0.5, 0.6) is 0 Å². The fraction of sp³-hybridized carbons (Fsp3) is 0.875. The van der Waals surface area contributed by atoms with Crippen molar-refractivity contribution in [1.82, 2.24) is 5.32 Å². The van der Waals surface area contributed by atoms with E-state index in [1.54, 1.807) is 6.92 Å². The Morgan fingerprint density at radius 1 is 1.50 bits per heavy atom. The van der Waals surface area contributed by atoms with Crippen LogP contribution in [0.15, 0.2) is 0 Å². The van der Waals surface area contributed by atoms with E-state index in [2.05, 4.69) is 5.32 Å². The van der Waals surface area contributed by atoms with Crippen molar-refractivity contribution in [3.8, 4) is 0 Å². The zero-order chi connectivity index (χ0) is 11.4. The molecule has 0 aliphatic heterocycles. The van der Waals surface area contributed by atoms with E-state index in [0.717, 1.165) is 0 Å². The highest BCUT2D eigenvalue weighted by Gasteiger charge is 2.30. The molecule has 0 aliphatic rings. The van der Waals surface area contributed by atoms with Crippen molar-refractivity contribution < 1.29 is 18.0 Å². The molecule has 0 aromatic heterocycles. The molecular formula is C8H15F3N2O. The quantitative estimate of drug-likeness (QED) is 0.735. The molecule has 0 aliphatic carbocycles. The Balaban J connectivity index is 3.95. The maximum Gasteiger partial charge on any atom is 0.391 e. The first-order valence-corrected chi connectivity index (χ1v) is 4.39. The standard InChI is InChI=1S/C8H15F3N2O/c1-3-6(12)7(14)13-5(2)4-8(9,10)11/h5-6H,3-4,12H2,1-2H3,(H,13,14)/t5?,6-/m0/s1. The average molecular weight is 212 g/mol. The molecule has 0 bridgehead atoms. The highest BCUT2D eigenvalue weighted by atomic mass is 19.4. The van der Waals surface area contributed by atoms with Crippen LogP contribution in [0.2, 0.25) is 0 Å². The minimum atomic E-state index is -4.26. The molecule has 0 heterocycles. The normalized spacial score (nSPS) is 16.1. The van der Waals surface area contributed by atoms with Crippen molar-refractivity contribution in [3.63, 3.8) is 0 Å². The third kappa shape index (κ3) is 5.80. The van der Waals surface area contributed by atoms with Crippen LogP contribution < -0.4 is 11.1 Å². The average Bonchev–Trinajstić information content (AvgIpc) is 1.99. The van der Waals surface area contributed by atoms with Gasteiger partial charge < -0.3 is 11.1 Å². The third-order valence-electron chi connectivity index (χ3n) is 1.70. The summed E-state index contributed by atoms with van der Waals surface area (Å²) >= 11 is 0. The van der Waals surface area contributed by atoms with Crippen LogP contribution in [0.4, 0.5) is 13.2 Å². The lowest BCUT2D eigenvalue weighted by atomic mass is 10.2. The number of hydrogen-bond donors (Lipinski definition) is 2. The van der Waals surface area contributed by atoms with E-state index >= 15 is 0 Å². The van der Waals surface area contributed by atoms with Crippen molar-refractivity contribution in [2.75, 3.05) is 0 Å². The van der Waals surface area contributed by atoms with Gasteiger partial charge in [-0.1, -0.05) is 6.92 Å². The first-order valence-electron chi connectivity index (χ1n) is 4.39. The largest absolute Gasteiger partial charge is 0.391 e. The molecule has 0 aromatic carbocycles. The molecule has 0 radical (unpaired) electrons. The number of nitrogens with two attached hydrogens (primary N) is 1. The van der Waals surface area contributed by atoms with E-state index in [0.29, 0.717) is 6.42 Å². The van der Waals surface area contributed by atoms with Crippen LogP contribution in [0, 0.1) is 0 Å². The molecule has 1 amide bonds. The summed E-state index contributed by atoms with van der Waals surface area (Å²) in [5.41, 5.74) is 5.34. The van der Waals surface area contributed by atoms with Crippen molar-refractivity contribution in [2.45, 2.75) is 44.9 Å². The lowest BCUT2D eigenvalue weighted by Gasteiger charge is -2.17. The molecule has 0 aromatic rings. The van der Waals surface area contributed by atoms with Crippen LogP contribution in [0.3, 0.4) is 0 Å². The Bertz CT molecular complexity index is 194. The molecule has 3 N–H and O–H groups in total. The maximum absolute atomic E-state index is 11.9. The van der Waals surface area contributed by atoms with E-state index in [9.17, 15) is 18.0 Å². The van der Waals surface area contributed by atoms with Gasteiger partial charge in [-0.15, -0.1) is 0 Å². The van der Waals surface area contributed by atoms with Crippen molar-refractivity contribution in [2.24, 2.45) is 5.73 Å². The van der Waals surface area contributed by atoms with Gasteiger partial charge in [0.15, 0.2) is 0 Å². The van der Waals surface area contributed by atoms with Gasteiger partial charge in [-0.2, -0.15) is 13.2 Å². The number of carbonyl (C=O) groups is 1. The van der Waals surface area contributed by atoms with Gasteiger partial charge >= 0.3 is 6.18 Å². The Morgan fingerprint density at radius 2 is 2.00 bits per heavy atom. The molecular weight excluding hydrogens is 197 g/mol. The summed E-state index contributed by atoms with van der Waals surface area (Å²) in [5, 5.41) is 2.20. The van der Waals surface area contributed by atoms with E-state index in [1.165, 1.54) is 6.92 Å². The Morgan fingerprint density at radius 3 is 2.36 bits per heavy atom. The molecule has 0 saturated carbocycles. The molecule has 0 spiro atoms. The summed E-state index contributed by atoms with van der Waals surface area (Å²) in [4.78, 5) is 11.1. The van der Waals surface area contributed by atoms with Crippen molar-refractivity contribution >= 4 is 5.91 Å². The summed E-state index contributed by atoms with van der Waals surface area (Å²) < 4.78 is 35.6. The fourth-order valence-electron chi connectivity index (χ4n) is 0.933. The van der Waals surface area contributed by atoms with Gasteiger partial charge in [-0.05, 0) is 13.3 Å². The van der Waals surface area contributed by atoms with E-state index in [4.69, 9.17) is 5.73 Å². The zero-order valence-electron chi connectivity index (χ0n) is 8.19. The fourth-order valence-corrected chi connectivity index (χ4v) is 0.933. The minimum absolute atomic E-state index is 0.407. The SMILES string of the molecule is CC[C@H](N)C(=O)NC(C)CC(F)(F)F. The number of amides is 1. The number of nitrogens with one attached hydrogen (secondary N) is 1. The lowest BCUT2D eigenvalue weighted by Crippen LogP contribution is -2.45. The molecule has 0 saturated heterocycles. The topological polar surface area (TPSA) is 55.1 Å². The predicted octanol–water partition coefficient (Wildman–Crippen LogP) is 1.18. The van der Waals surface area contributed by atoms with Crippen molar-refractivity contribution in [3.05, 3.63) is 0 Å². The number of rotatable bonds is 4. The summed E-state index contributed by atoms with van der Waals surface area (Å²) in [7, 11) is 0. The van der Waals surface area contributed by atoms with Gasteiger partial charge in [-0.25, -0.2) is 0 Å². The molecule has 84 valence electrons. The van der Waals surface area contributed by atoms with Crippen LogP contribution in [0.25, 0.3) is 0 Å². The van der Waals surface area contributed by atoms with Crippen molar-refractivity contribution in [1.29, 1.82) is 0 Å². The monoisotopic (exact) mass is 212 g/mol. The van der Waals surface area contributed by atoms with E-state index in [-0.39, 0.29) is 0 Å². The van der Waals surface area contributed by atoms with Crippen LogP contribution in [0.1, 0.15) is 26.7 Å². The zero-order valence-corrected chi connectivity index (χ0v) is 8.19. The summed E-state index contributed by atoms with van der Waals surface area (Å²) in [6.07, 6.45) is -4.89. The van der Waals surface area contributed by atoms with Gasteiger partial charge in [0.05, 0.1) is 12.5 Å². The van der Waals surface area contributed by atoms with Crippen LogP contribution in [-0.2, 0) is 4.79 Å². The third-order valence-corrected chi connectivity index (χ3v) is 1.70. The molecule has 2 atom stereocenters. The van der Waals surface area contributed by atoms with Gasteiger partial charge in [0.2, 0.25) is 5.91 Å². The van der Waals surface area contributed by atoms with Crippen LogP contribution >= 0.6 is 0 Å². The summed E-state index contributed by atoms with van der Waals surface area (Å²) in [6.45, 7) is 2.99. The molecule has 14 heavy (non-hydrogen) atoms. The second-order valence-corrected chi connectivity index (χ2v) is 3.24. The highest BCUT2D eigenvalue weighted by Crippen LogP contribution is 2.21. The maximum atomic E-state index is 11.9. The lowest BCUT2D eigenvalue weighted by molar-refractivity contribution is -0.141. The number of alkyl halides is 3. The van der Waals surface area contributed by atoms with Gasteiger partial charge in [0, 0.05) is 6.04 Å². The Kier molecular flexibility index (Phi) is 4.90. The summed E-state index contributed by atoms with van der Waals surface area (Å²) in [6, 6.07) is -1.66. The molecule has 0 rings (SSSR count). The molecule has 3 nitrogen and oxygen atoms in total. The Labute approximate surface area is 80.8 Å². The first-order chi connectivity index (χ1) is 6.26. The van der Waals surface area contributed by atoms with Gasteiger partial charge in [0.25, 0.3) is 0 Å². The van der Waals surface area contributed by atoms with Crippen LogP contribution in [-0.4, -0.2) is 24.2 Å². The minimum Gasteiger partial charge on any atom is -0.352 e. The molecule has 1 unspecified atom stereocenters. The molecule has 6 heteroatoms. The molecule has 0 fully saturated rings. The highest BCUT2D eigenvalue weighted by molar-refractivity contribution is 5.81. The van der Waals surface area contributed by atoms with E-state index in [1.807, 2.05) is 0 Å². The number of halogens is 3. The summed E-state index contributed by atoms with van der Waals surface area (Å²) in [5.74, 6) is -0.538. The Hall–Kier alpha value is -0.780. The second-order valence-electron chi connectivity index (χ2n) is 3.24. The first kappa shape index (κ1) is 13.2. The van der Waals surface area contributed by atoms with Gasteiger partial charge in [-0.3, -0.25) is 4.79 Å². The predicted molar refractivity (Wildman–Crippen MR) is 46.5 cm³/mol. The second kappa shape index (κ2) is 5.19.